The van der Waals surface area contributed by atoms with Gasteiger partial charge < -0.3 is 14.9 Å². The molecule has 6 nitrogen and oxygen atoms in total. The third-order valence-corrected chi connectivity index (χ3v) is 5.01. The normalized spacial score (nSPS) is 21.4. The van der Waals surface area contributed by atoms with Crippen molar-refractivity contribution in [1.82, 2.24) is 9.97 Å². The van der Waals surface area contributed by atoms with E-state index in [4.69, 9.17) is 9.97 Å². The molecule has 0 aliphatic carbocycles. The summed E-state index contributed by atoms with van der Waals surface area (Å²) in [5.74, 6) is 0.730. The van der Waals surface area contributed by atoms with Gasteiger partial charge in [0.25, 0.3) is 0 Å². The zero-order valence-corrected chi connectivity index (χ0v) is 13.7. The minimum Gasteiger partial charge on any atom is -0.481 e. The van der Waals surface area contributed by atoms with Gasteiger partial charge in [-0.1, -0.05) is 12.1 Å². The highest BCUT2D eigenvalue weighted by atomic mass is 16.4. The average molecular weight is 326 g/mol. The van der Waals surface area contributed by atoms with E-state index >= 15 is 0 Å². The molecule has 0 amide bonds. The van der Waals surface area contributed by atoms with Crippen LogP contribution >= 0.6 is 0 Å². The quantitative estimate of drug-likeness (QED) is 0.935. The maximum Gasteiger partial charge on any atom is 0.308 e. The number of carboxylic acid groups (broad SMARTS) is 1. The summed E-state index contributed by atoms with van der Waals surface area (Å²) >= 11 is 0. The Morgan fingerprint density at radius 1 is 0.958 bits per heavy atom. The summed E-state index contributed by atoms with van der Waals surface area (Å²) < 4.78 is 0. The molecule has 2 aliphatic heterocycles. The van der Waals surface area contributed by atoms with Crippen LogP contribution in [0, 0.1) is 5.92 Å². The second-order valence-electron chi connectivity index (χ2n) is 6.68. The second-order valence-corrected chi connectivity index (χ2v) is 6.68. The minimum atomic E-state index is -0.712. The Labute approximate surface area is 141 Å². The van der Waals surface area contributed by atoms with Crippen LogP contribution in [-0.2, 0) is 4.79 Å². The Morgan fingerprint density at radius 2 is 1.54 bits per heavy atom. The largest absolute Gasteiger partial charge is 0.481 e. The fraction of sp³-hybridized carbons (Fsp3) is 0.500. The lowest BCUT2D eigenvalue weighted by molar-refractivity contribution is -0.141. The molecule has 2 fully saturated rings. The summed E-state index contributed by atoms with van der Waals surface area (Å²) in [6.45, 7) is 3.35. The van der Waals surface area contributed by atoms with Crippen LogP contribution in [0.4, 0.5) is 11.6 Å². The molecule has 24 heavy (non-hydrogen) atoms. The maximum absolute atomic E-state index is 11.4. The third-order valence-electron chi connectivity index (χ3n) is 5.01. The zero-order chi connectivity index (χ0) is 16.5. The van der Waals surface area contributed by atoms with E-state index in [-0.39, 0.29) is 5.92 Å². The Bertz CT molecular complexity index is 758. The molecule has 2 aliphatic rings. The highest BCUT2D eigenvalue weighted by Crippen LogP contribution is 2.33. The van der Waals surface area contributed by atoms with E-state index in [2.05, 4.69) is 9.80 Å². The number of rotatable bonds is 3. The predicted molar refractivity (Wildman–Crippen MR) is 93.6 cm³/mol. The molecule has 0 saturated carbocycles. The molecular formula is C18H22N4O2. The van der Waals surface area contributed by atoms with Crippen LogP contribution in [0.1, 0.15) is 25.7 Å². The van der Waals surface area contributed by atoms with Gasteiger partial charge in [0, 0.05) is 26.2 Å². The van der Waals surface area contributed by atoms with Gasteiger partial charge in [0.2, 0.25) is 0 Å². The predicted octanol–water partition coefficient (Wildman–Crippen LogP) is 2.53. The van der Waals surface area contributed by atoms with Crippen LogP contribution in [0.15, 0.2) is 24.3 Å². The van der Waals surface area contributed by atoms with Crippen molar-refractivity contribution >= 4 is 28.6 Å². The van der Waals surface area contributed by atoms with E-state index in [1.165, 1.54) is 12.8 Å². The average Bonchev–Trinajstić information content (AvgIpc) is 3.15. The third kappa shape index (κ3) is 2.77. The van der Waals surface area contributed by atoms with E-state index in [0.717, 1.165) is 55.1 Å². The van der Waals surface area contributed by atoms with Gasteiger partial charge in [-0.3, -0.25) is 4.79 Å². The monoisotopic (exact) mass is 326 g/mol. The number of piperidine rings is 1. The van der Waals surface area contributed by atoms with Crippen molar-refractivity contribution in [1.29, 1.82) is 0 Å². The van der Waals surface area contributed by atoms with E-state index in [9.17, 15) is 9.90 Å². The molecule has 6 heteroatoms. The highest BCUT2D eigenvalue weighted by Gasteiger charge is 2.29. The molecule has 0 bridgehead atoms. The number of aliphatic carboxylic acids is 1. The van der Waals surface area contributed by atoms with E-state index in [1.807, 2.05) is 24.3 Å². The van der Waals surface area contributed by atoms with Crippen molar-refractivity contribution in [2.24, 2.45) is 5.92 Å². The van der Waals surface area contributed by atoms with E-state index in [1.54, 1.807) is 0 Å². The van der Waals surface area contributed by atoms with Crippen molar-refractivity contribution in [3.63, 3.8) is 0 Å². The summed E-state index contributed by atoms with van der Waals surface area (Å²) in [6, 6.07) is 7.90. The number of nitrogens with zero attached hydrogens (tertiary/aromatic N) is 4. The number of para-hydroxylation sites is 2. The number of benzene rings is 1. The van der Waals surface area contributed by atoms with Crippen LogP contribution in [-0.4, -0.2) is 47.2 Å². The molecule has 1 aromatic carbocycles. The van der Waals surface area contributed by atoms with Gasteiger partial charge in [-0.2, -0.15) is 0 Å². The molecule has 126 valence electrons. The molecule has 1 atom stereocenters. The first-order valence-corrected chi connectivity index (χ1v) is 8.72. The smallest absolute Gasteiger partial charge is 0.308 e. The van der Waals surface area contributed by atoms with Crippen LogP contribution in [0.5, 0.6) is 0 Å². The molecule has 1 N–H and O–H groups in total. The fourth-order valence-electron chi connectivity index (χ4n) is 3.71. The number of hydrogen-bond donors (Lipinski definition) is 1. The van der Waals surface area contributed by atoms with Gasteiger partial charge >= 0.3 is 5.97 Å². The maximum atomic E-state index is 11.4. The zero-order valence-electron chi connectivity index (χ0n) is 13.7. The van der Waals surface area contributed by atoms with E-state index in [0.29, 0.717) is 6.54 Å². The van der Waals surface area contributed by atoms with Gasteiger partial charge in [-0.05, 0) is 37.8 Å². The highest BCUT2D eigenvalue weighted by molar-refractivity contribution is 5.81. The number of carbonyl (C=O) groups is 1. The van der Waals surface area contributed by atoms with Gasteiger partial charge in [0.15, 0.2) is 11.6 Å². The number of carboxylic acids is 1. The molecule has 0 radical (unpaired) electrons. The van der Waals surface area contributed by atoms with Crippen molar-refractivity contribution in [2.45, 2.75) is 25.7 Å². The Hall–Kier alpha value is -2.37. The summed E-state index contributed by atoms with van der Waals surface area (Å²) in [7, 11) is 0. The summed E-state index contributed by atoms with van der Waals surface area (Å²) in [4.78, 5) is 25.6. The van der Waals surface area contributed by atoms with Crippen LogP contribution < -0.4 is 9.80 Å². The van der Waals surface area contributed by atoms with Gasteiger partial charge in [-0.25, -0.2) is 9.97 Å². The van der Waals surface area contributed by atoms with Crippen LogP contribution in [0.3, 0.4) is 0 Å². The Balaban J connectivity index is 1.76. The SMILES string of the molecule is O=C(O)C1CCCN(c2nc3ccccc3nc2N2CCCC2)C1. The minimum absolute atomic E-state index is 0.321. The Morgan fingerprint density at radius 3 is 2.17 bits per heavy atom. The second kappa shape index (κ2) is 6.26. The molecule has 1 unspecified atom stereocenters. The van der Waals surface area contributed by atoms with Crippen molar-refractivity contribution in [3.8, 4) is 0 Å². The lowest BCUT2D eigenvalue weighted by atomic mass is 9.98. The molecule has 0 spiro atoms. The summed E-state index contributed by atoms with van der Waals surface area (Å²) in [6.07, 6.45) is 3.97. The Kier molecular flexibility index (Phi) is 3.96. The first kappa shape index (κ1) is 15.2. The topological polar surface area (TPSA) is 69.6 Å². The lowest BCUT2D eigenvalue weighted by Crippen LogP contribution is -2.40. The van der Waals surface area contributed by atoms with Gasteiger partial charge in [0.1, 0.15) is 0 Å². The van der Waals surface area contributed by atoms with Gasteiger partial charge in [-0.15, -0.1) is 0 Å². The van der Waals surface area contributed by atoms with Crippen molar-refractivity contribution < 1.29 is 9.90 Å². The number of aromatic nitrogens is 2. The molecule has 3 heterocycles. The number of hydrogen-bond acceptors (Lipinski definition) is 5. The first-order valence-electron chi connectivity index (χ1n) is 8.72. The molecule has 4 rings (SSSR count). The molecule has 2 saturated heterocycles. The first-order chi connectivity index (χ1) is 11.7. The summed E-state index contributed by atoms with van der Waals surface area (Å²) in [5.41, 5.74) is 1.77. The standard InChI is InChI=1S/C18H22N4O2/c23-18(24)13-6-5-11-22(12-13)17-16(21-9-3-4-10-21)19-14-7-1-2-8-15(14)20-17/h1-2,7-8,13H,3-6,9-12H2,(H,23,24). The van der Waals surface area contributed by atoms with Crippen LogP contribution in [0.2, 0.25) is 0 Å². The molecule has 2 aromatic rings. The van der Waals surface area contributed by atoms with Crippen molar-refractivity contribution in [2.75, 3.05) is 36.0 Å². The van der Waals surface area contributed by atoms with Crippen LogP contribution in [0.25, 0.3) is 11.0 Å². The molecule has 1 aromatic heterocycles. The van der Waals surface area contributed by atoms with E-state index < -0.39 is 5.97 Å². The van der Waals surface area contributed by atoms with Gasteiger partial charge in [0.05, 0.1) is 17.0 Å². The summed E-state index contributed by atoms with van der Waals surface area (Å²) in [5, 5.41) is 9.38. The lowest BCUT2D eigenvalue weighted by Gasteiger charge is -2.34. The number of anilines is 2. The van der Waals surface area contributed by atoms with Crippen molar-refractivity contribution in [3.05, 3.63) is 24.3 Å². The number of fused-ring (bicyclic) bond motifs is 1. The molecular weight excluding hydrogens is 304 g/mol. The fourth-order valence-corrected chi connectivity index (χ4v) is 3.71.